The van der Waals surface area contributed by atoms with Gasteiger partial charge >= 0.3 is 12.0 Å². The first-order valence-electron chi connectivity index (χ1n) is 7.33. The lowest BCUT2D eigenvalue weighted by molar-refractivity contribution is 0.299. The van der Waals surface area contributed by atoms with Crippen molar-refractivity contribution in [2.45, 2.75) is 6.42 Å². The Kier molecular flexibility index (Phi) is 6.59. The van der Waals surface area contributed by atoms with Crippen molar-refractivity contribution >= 4 is 5.95 Å². The number of anilines is 1. The van der Waals surface area contributed by atoms with Gasteiger partial charge in [0, 0.05) is 6.54 Å². The molecule has 120 valence electrons. The van der Waals surface area contributed by atoms with Gasteiger partial charge in [0.25, 0.3) is 0 Å². The lowest BCUT2D eigenvalue weighted by atomic mass is 10.1. The molecule has 2 aromatic rings. The van der Waals surface area contributed by atoms with Crippen molar-refractivity contribution in [3.8, 4) is 12.0 Å². The van der Waals surface area contributed by atoms with E-state index in [1.165, 1.54) is 5.56 Å². The SMILES string of the molecule is C=CCOc1nc(NCCc2ccccc2)nc(OCC=C)n1. The van der Waals surface area contributed by atoms with E-state index in [4.69, 9.17) is 9.47 Å². The molecule has 6 nitrogen and oxygen atoms in total. The first-order chi connectivity index (χ1) is 11.3. The van der Waals surface area contributed by atoms with Crippen molar-refractivity contribution in [3.05, 3.63) is 61.2 Å². The molecular formula is C17H20N4O2. The maximum Gasteiger partial charge on any atom is 0.324 e. The molecule has 0 bridgehead atoms. The maximum absolute atomic E-state index is 5.35. The number of hydrogen-bond acceptors (Lipinski definition) is 6. The van der Waals surface area contributed by atoms with E-state index < -0.39 is 0 Å². The van der Waals surface area contributed by atoms with E-state index in [2.05, 4.69) is 45.6 Å². The Labute approximate surface area is 135 Å². The molecule has 6 heteroatoms. The van der Waals surface area contributed by atoms with Gasteiger partial charge in [-0.05, 0) is 12.0 Å². The predicted molar refractivity (Wildman–Crippen MR) is 89.8 cm³/mol. The zero-order valence-electron chi connectivity index (χ0n) is 12.9. The summed E-state index contributed by atoms with van der Waals surface area (Å²) in [6.45, 7) is 8.51. The third-order valence-electron chi connectivity index (χ3n) is 2.79. The second-order valence-corrected chi connectivity index (χ2v) is 4.59. The zero-order valence-corrected chi connectivity index (χ0v) is 12.9. The van der Waals surface area contributed by atoms with E-state index in [0.29, 0.717) is 25.7 Å². The van der Waals surface area contributed by atoms with E-state index in [-0.39, 0.29) is 12.0 Å². The van der Waals surface area contributed by atoms with Gasteiger partial charge in [-0.1, -0.05) is 55.6 Å². The first-order valence-corrected chi connectivity index (χ1v) is 7.33. The summed E-state index contributed by atoms with van der Waals surface area (Å²) in [5, 5.41) is 3.15. The van der Waals surface area contributed by atoms with Gasteiger partial charge in [-0.2, -0.15) is 9.97 Å². The van der Waals surface area contributed by atoms with Crippen LogP contribution in [0.15, 0.2) is 55.6 Å². The summed E-state index contributed by atoms with van der Waals surface area (Å²) in [5.74, 6) is 0.411. The minimum absolute atomic E-state index is 0.196. The van der Waals surface area contributed by atoms with E-state index in [9.17, 15) is 0 Å². The molecule has 0 fully saturated rings. The van der Waals surface area contributed by atoms with Crippen molar-refractivity contribution in [2.24, 2.45) is 0 Å². The van der Waals surface area contributed by atoms with Crippen LogP contribution in [0.2, 0.25) is 0 Å². The van der Waals surface area contributed by atoms with Crippen LogP contribution in [0.25, 0.3) is 0 Å². The first kappa shape index (κ1) is 16.5. The Hall–Kier alpha value is -2.89. The van der Waals surface area contributed by atoms with Gasteiger partial charge in [0.2, 0.25) is 5.95 Å². The normalized spacial score (nSPS) is 9.91. The van der Waals surface area contributed by atoms with Crippen LogP contribution in [0.3, 0.4) is 0 Å². The van der Waals surface area contributed by atoms with Crippen LogP contribution in [0.1, 0.15) is 5.56 Å². The van der Waals surface area contributed by atoms with Gasteiger partial charge in [-0.25, -0.2) is 0 Å². The van der Waals surface area contributed by atoms with E-state index in [1.54, 1.807) is 12.2 Å². The Morgan fingerprint density at radius 1 is 0.913 bits per heavy atom. The summed E-state index contributed by atoms with van der Waals surface area (Å²) >= 11 is 0. The molecule has 1 aromatic carbocycles. The molecule has 0 aliphatic carbocycles. The van der Waals surface area contributed by atoms with Gasteiger partial charge < -0.3 is 14.8 Å². The number of aromatic nitrogens is 3. The summed E-state index contributed by atoms with van der Waals surface area (Å²) in [5.41, 5.74) is 1.24. The second-order valence-electron chi connectivity index (χ2n) is 4.59. The standard InChI is InChI=1S/C17H20N4O2/c1-3-12-22-16-19-15(20-17(21-16)23-13-4-2)18-11-10-14-8-6-5-7-9-14/h3-9H,1-2,10-13H2,(H,18,19,20,21). The highest BCUT2D eigenvalue weighted by Crippen LogP contribution is 2.13. The van der Waals surface area contributed by atoms with Crippen molar-refractivity contribution in [1.29, 1.82) is 0 Å². The summed E-state index contributed by atoms with van der Waals surface area (Å²) in [6.07, 6.45) is 4.10. The van der Waals surface area contributed by atoms with Gasteiger partial charge in [0.15, 0.2) is 0 Å². The van der Waals surface area contributed by atoms with Crippen molar-refractivity contribution in [2.75, 3.05) is 25.1 Å². The molecule has 0 amide bonds. The molecule has 0 unspecified atom stereocenters. The molecule has 0 spiro atoms. The lowest BCUT2D eigenvalue weighted by Crippen LogP contribution is -2.11. The van der Waals surface area contributed by atoms with Crippen LogP contribution in [0.5, 0.6) is 12.0 Å². The average Bonchev–Trinajstić information content (AvgIpc) is 2.59. The van der Waals surface area contributed by atoms with Crippen molar-refractivity contribution in [3.63, 3.8) is 0 Å². The molecule has 2 rings (SSSR count). The number of hydrogen-bond donors (Lipinski definition) is 1. The van der Waals surface area contributed by atoms with Gasteiger partial charge in [0.1, 0.15) is 13.2 Å². The molecule has 0 saturated heterocycles. The molecule has 0 saturated carbocycles. The Morgan fingerprint density at radius 3 is 2.09 bits per heavy atom. The third kappa shape index (κ3) is 5.78. The molecule has 0 radical (unpaired) electrons. The van der Waals surface area contributed by atoms with Crippen LogP contribution in [-0.2, 0) is 6.42 Å². The van der Waals surface area contributed by atoms with Crippen LogP contribution in [0.4, 0.5) is 5.95 Å². The highest BCUT2D eigenvalue weighted by Gasteiger charge is 2.08. The largest absolute Gasteiger partial charge is 0.459 e. The van der Waals surface area contributed by atoms with E-state index in [1.807, 2.05) is 18.2 Å². The van der Waals surface area contributed by atoms with Crippen LogP contribution in [0, 0.1) is 0 Å². The van der Waals surface area contributed by atoms with Crippen LogP contribution in [-0.4, -0.2) is 34.7 Å². The number of nitrogens with zero attached hydrogens (tertiary/aromatic N) is 3. The summed E-state index contributed by atoms with van der Waals surface area (Å²) in [7, 11) is 0. The van der Waals surface area contributed by atoms with Gasteiger partial charge in [-0.15, -0.1) is 4.98 Å². The quantitative estimate of drug-likeness (QED) is 0.680. The highest BCUT2D eigenvalue weighted by atomic mass is 16.5. The number of rotatable bonds is 10. The topological polar surface area (TPSA) is 69.2 Å². The lowest BCUT2D eigenvalue weighted by Gasteiger charge is -2.09. The fourth-order valence-corrected chi connectivity index (χ4v) is 1.78. The average molecular weight is 312 g/mol. The summed E-state index contributed by atoms with van der Waals surface area (Å²) in [6, 6.07) is 10.6. The number of benzene rings is 1. The smallest absolute Gasteiger partial charge is 0.324 e. The number of nitrogens with one attached hydrogen (secondary N) is 1. The van der Waals surface area contributed by atoms with E-state index >= 15 is 0 Å². The molecule has 1 heterocycles. The summed E-state index contributed by atoms with van der Waals surface area (Å²) < 4.78 is 10.7. The highest BCUT2D eigenvalue weighted by molar-refractivity contribution is 5.28. The van der Waals surface area contributed by atoms with Gasteiger partial charge in [0.05, 0.1) is 0 Å². The van der Waals surface area contributed by atoms with E-state index in [0.717, 1.165) is 6.42 Å². The molecule has 0 atom stereocenters. The Balaban J connectivity index is 2.00. The Morgan fingerprint density at radius 2 is 1.52 bits per heavy atom. The molecule has 0 aliphatic rings. The maximum atomic E-state index is 5.35. The fourth-order valence-electron chi connectivity index (χ4n) is 1.78. The molecular weight excluding hydrogens is 292 g/mol. The summed E-state index contributed by atoms with van der Waals surface area (Å²) in [4.78, 5) is 12.5. The minimum Gasteiger partial charge on any atom is -0.459 e. The van der Waals surface area contributed by atoms with Crippen LogP contribution >= 0.6 is 0 Å². The third-order valence-corrected chi connectivity index (χ3v) is 2.79. The monoisotopic (exact) mass is 312 g/mol. The predicted octanol–water partition coefficient (Wildman–Crippen LogP) is 2.66. The molecule has 23 heavy (non-hydrogen) atoms. The zero-order chi connectivity index (χ0) is 16.3. The molecule has 1 aromatic heterocycles. The molecule has 0 aliphatic heterocycles. The van der Waals surface area contributed by atoms with Gasteiger partial charge in [-0.3, -0.25) is 0 Å². The molecule has 1 N–H and O–H groups in total. The van der Waals surface area contributed by atoms with Crippen LogP contribution < -0.4 is 14.8 Å². The number of ether oxygens (including phenoxy) is 2. The minimum atomic E-state index is 0.196. The second kappa shape index (κ2) is 9.19. The fraction of sp³-hybridized carbons (Fsp3) is 0.235. The Bertz CT molecular complexity index is 601. The van der Waals surface area contributed by atoms with Crippen molar-refractivity contribution < 1.29 is 9.47 Å². The van der Waals surface area contributed by atoms with Crippen molar-refractivity contribution in [1.82, 2.24) is 15.0 Å².